The zero-order valence-corrected chi connectivity index (χ0v) is 10.1. The lowest BCUT2D eigenvalue weighted by molar-refractivity contribution is -0.141. The number of methoxy groups -OCH3 is 1. The molecule has 0 aromatic rings. The van der Waals surface area contributed by atoms with E-state index in [4.69, 9.17) is 5.11 Å². The van der Waals surface area contributed by atoms with Gasteiger partial charge in [-0.2, -0.15) is 0 Å². The number of hydrogen-bond acceptors (Lipinski definition) is 4. The Hall–Kier alpha value is -1.10. The fourth-order valence-electron chi connectivity index (χ4n) is 1.32. The number of rotatable bonds is 8. The van der Waals surface area contributed by atoms with E-state index < -0.39 is 0 Å². The van der Waals surface area contributed by atoms with Gasteiger partial charge in [0.15, 0.2) is 0 Å². The van der Waals surface area contributed by atoms with E-state index in [9.17, 15) is 9.59 Å². The minimum absolute atomic E-state index is 0.0276. The lowest BCUT2D eigenvalue weighted by Crippen LogP contribution is -2.34. The van der Waals surface area contributed by atoms with Gasteiger partial charge in [0.25, 0.3) is 0 Å². The van der Waals surface area contributed by atoms with Gasteiger partial charge in [-0.05, 0) is 12.8 Å². The first kappa shape index (κ1) is 14.9. The smallest absolute Gasteiger partial charge is 0.307 e. The van der Waals surface area contributed by atoms with Gasteiger partial charge < -0.3 is 14.7 Å². The first-order chi connectivity index (χ1) is 7.65. The van der Waals surface area contributed by atoms with E-state index in [1.165, 1.54) is 7.11 Å². The Kier molecular flexibility index (Phi) is 8.52. The SMILES string of the molecule is CCCC(=O)N(CCCO)CCC(=O)OC. The molecule has 0 aliphatic carbocycles. The number of carbonyl (C=O) groups excluding carboxylic acids is 2. The van der Waals surface area contributed by atoms with Crippen LogP contribution < -0.4 is 0 Å². The highest BCUT2D eigenvalue weighted by molar-refractivity contribution is 5.77. The molecule has 0 bridgehead atoms. The summed E-state index contributed by atoms with van der Waals surface area (Å²) in [4.78, 5) is 24.2. The first-order valence-electron chi connectivity index (χ1n) is 5.61. The van der Waals surface area contributed by atoms with E-state index in [1.807, 2.05) is 6.92 Å². The van der Waals surface area contributed by atoms with Crippen molar-refractivity contribution < 1.29 is 19.4 Å². The van der Waals surface area contributed by atoms with Crippen molar-refractivity contribution in [1.82, 2.24) is 4.90 Å². The average Bonchev–Trinajstić information content (AvgIpc) is 2.29. The summed E-state index contributed by atoms with van der Waals surface area (Å²) in [6, 6.07) is 0. The quantitative estimate of drug-likeness (QED) is 0.620. The van der Waals surface area contributed by atoms with E-state index in [-0.39, 0.29) is 24.9 Å². The van der Waals surface area contributed by atoms with Gasteiger partial charge in [0.1, 0.15) is 0 Å². The number of aliphatic hydroxyl groups is 1. The van der Waals surface area contributed by atoms with E-state index in [0.29, 0.717) is 25.9 Å². The van der Waals surface area contributed by atoms with Crippen molar-refractivity contribution in [2.24, 2.45) is 0 Å². The summed E-state index contributed by atoms with van der Waals surface area (Å²) in [7, 11) is 1.33. The summed E-state index contributed by atoms with van der Waals surface area (Å²) in [5, 5.41) is 8.72. The number of esters is 1. The molecule has 0 fully saturated rings. The van der Waals surface area contributed by atoms with Gasteiger partial charge in [-0.15, -0.1) is 0 Å². The topological polar surface area (TPSA) is 66.8 Å². The maximum absolute atomic E-state index is 11.6. The summed E-state index contributed by atoms with van der Waals surface area (Å²) >= 11 is 0. The molecule has 0 saturated carbocycles. The summed E-state index contributed by atoms with van der Waals surface area (Å²) in [6.45, 7) is 2.84. The molecule has 0 unspecified atom stereocenters. The van der Waals surface area contributed by atoms with Gasteiger partial charge in [-0.25, -0.2) is 0 Å². The van der Waals surface area contributed by atoms with Crippen LogP contribution in [-0.4, -0.2) is 48.7 Å². The molecule has 0 aromatic heterocycles. The maximum Gasteiger partial charge on any atom is 0.307 e. The number of amides is 1. The third-order valence-electron chi connectivity index (χ3n) is 2.22. The van der Waals surface area contributed by atoms with E-state index in [2.05, 4.69) is 4.74 Å². The van der Waals surface area contributed by atoms with Crippen LogP contribution in [0.3, 0.4) is 0 Å². The Bertz CT molecular complexity index is 218. The number of carbonyl (C=O) groups is 2. The van der Waals surface area contributed by atoms with Crippen molar-refractivity contribution in [3.8, 4) is 0 Å². The molecular weight excluding hydrogens is 210 g/mol. The monoisotopic (exact) mass is 231 g/mol. The summed E-state index contributed by atoms with van der Waals surface area (Å²) in [5.41, 5.74) is 0. The molecular formula is C11H21NO4. The number of ether oxygens (including phenoxy) is 1. The highest BCUT2D eigenvalue weighted by atomic mass is 16.5. The zero-order chi connectivity index (χ0) is 12.4. The molecule has 0 aliphatic heterocycles. The standard InChI is InChI=1S/C11H21NO4/c1-3-5-10(14)12(7-4-9-13)8-6-11(15)16-2/h13H,3-9H2,1-2H3. The van der Waals surface area contributed by atoms with E-state index in [1.54, 1.807) is 4.90 Å². The minimum atomic E-state index is -0.321. The lowest BCUT2D eigenvalue weighted by atomic mass is 10.2. The maximum atomic E-state index is 11.6. The molecule has 0 spiro atoms. The zero-order valence-electron chi connectivity index (χ0n) is 10.1. The molecule has 0 atom stereocenters. The van der Waals surface area contributed by atoms with Gasteiger partial charge in [0.05, 0.1) is 13.5 Å². The van der Waals surface area contributed by atoms with Gasteiger partial charge >= 0.3 is 5.97 Å². The van der Waals surface area contributed by atoms with Crippen LogP contribution in [0.5, 0.6) is 0 Å². The Morgan fingerprint density at radius 1 is 1.25 bits per heavy atom. The van der Waals surface area contributed by atoms with Gasteiger partial charge in [0, 0.05) is 26.1 Å². The molecule has 0 aliphatic rings. The van der Waals surface area contributed by atoms with Crippen molar-refractivity contribution >= 4 is 11.9 Å². The molecule has 0 heterocycles. The van der Waals surface area contributed by atoms with Gasteiger partial charge in [0.2, 0.25) is 5.91 Å². The fourth-order valence-corrected chi connectivity index (χ4v) is 1.32. The predicted molar refractivity (Wildman–Crippen MR) is 59.8 cm³/mol. The molecule has 0 aromatic carbocycles. The molecule has 5 nitrogen and oxygen atoms in total. The summed E-state index contributed by atoms with van der Waals surface area (Å²) in [6.07, 6.45) is 2.01. The molecule has 94 valence electrons. The third kappa shape index (κ3) is 6.40. The van der Waals surface area contributed by atoms with Gasteiger partial charge in [-0.1, -0.05) is 6.92 Å². The summed E-state index contributed by atoms with van der Waals surface area (Å²) < 4.78 is 4.52. The second kappa shape index (κ2) is 9.15. The number of hydrogen-bond donors (Lipinski definition) is 1. The highest BCUT2D eigenvalue weighted by Gasteiger charge is 2.13. The molecule has 1 amide bonds. The van der Waals surface area contributed by atoms with Crippen molar-refractivity contribution in [3.05, 3.63) is 0 Å². The lowest BCUT2D eigenvalue weighted by Gasteiger charge is -2.21. The third-order valence-corrected chi connectivity index (χ3v) is 2.22. The van der Waals surface area contributed by atoms with Crippen LogP contribution in [0.15, 0.2) is 0 Å². The van der Waals surface area contributed by atoms with Crippen LogP contribution in [-0.2, 0) is 14.3 Å². The van der Waals surface area contributed by atoms with Crippen LogP contribution in [0.2, 0.25) is 0 Å². The Labute approximate surface area is 96.4 Å². The Balaban J connectivity index is 4.08. The summed E-state index contributed by atoms with van der Waals surface area (Å²) in [5.74, 6) is -0.293. The molecule has 16 heavy (non-hydrogen) atoms. The van der Waals surface area contributed by atoms with Crippen LogP contribution in [0.25, 0.3) is 0 Å². The van der Waals surface area contributed by atoms with Crippen LogP contribution in [0.4, 0.5) is 0 Å². The second-order valence-electron chi connectivity index (χ2n) is 3.53. The Morgan fingerprint density at radius 3 is 2.44 bits per heavy atom. The fraction of sp³-hybridized carbons (Fsp3) is 0.818. The molecule has 5 heteroatoms. The van der Waals surface area contributed by atoms with E-state index in [0.717, 1.165) is 6.42 Å². The second-order valence-corrected chi connectivity index (χ2v) is 3.53. The predicted octanol–water partition coefficient (Wildman–Crippen LogP) is 0.561. The number of aliphatic hydroxyl groups excluding tert-OH is 1. The van der Waals surface area contributed by atoms with Crippen LogP contribution in [0.1, 0.15) is 32.6 Å². The highest BCUT2D eigenvalue weighted by Crippen LogP contribution is 2.01. The molecule has 1 N–H and O–H groups in total. The number of nitrogens with zero attached hydrogens (tertiary/aromatic N) is 1. The Morgan fingerprint density at radius 2 is 1.94 bits per heavy atom. The average molecular weight is 231 g/mol. The molecule has 0 radical (unpaired) electrons. The van der Waals surface area contributed by atoms with Crippen molar-refractivity contribution in [2.75, 3.05) is 26.8 Å². The van der Waals surface area contributed by atoms with Crippen LogP contribution >= 0.6 is 0 Å². The van der Waals surface area contributed by atoms with Crippen molar-refractivity contribution in [1.29, 1.82) is 0 Å². The molecule has 0 rings (SSSR count). The van der Waals surface area contributed by atoms with Gasteiger partial charge in [-0.3, -0.25) is 9.59 Å². The van der Waals surface area contributed by atoms with Crippen molar-refractivity contribution in [3.63, 3.8) is 0 Å². The largest absolute Gasteiger partial charge is 0.469 e. The molecule has 0 saturated heterocycles. The first-order valence-corrected chi connectivity index (χ1v) is 5.61. The van der Waals surface area contributed by atoms with Crippen LogP contribution in [0, 0.1) is 0 Å². The minimum Gasteiger partial charge on any atom is -0.469 e. The van der Waals surface area contributed by atoms with E-state index >= 15 is 0 Å². The normalized spacial score (nSPS) is 9.94. The van der Waals surface area contributed by atoms with Crippen molar-refractivity contribution in [2.45, 2.75) is 32.6 Å².